The van der Waals surface area contributed by atoms with Gasteiger partial charge in [-0.25, -0.2) is 0 Å². The maximum atomic E-state index is 5.57. The van der Waals surface area contributed by atoms with E-state index in [0.717, 1.165) is 19.0 Å². The van der Waals surface area contributed by atoms with Crippen LogP contribution in [0.5, 0.6) is 0 Å². The van der Waals surface area contributed by atoms with Crippen molar-refractivity contribution in [3.8, 4) is 0 Å². The van der Waals surface area contributed by atoms with Crippen LogP contribution in [-0.2, 0) is 0 Å². The zero-order chi connectivity index (χ0) is 8.10. The third kappa shape index (κ3) is 5.28. The van der Waals surface area contributed by atoms with Crippen LogP contribution in [-0.4, -0.2) is 13.1 Å². The topological polar surface area (TPSA) is 12.0 Å². The molecule has 1 fully saturated rings. The molecule has 64 valence electrons. The van der Waals surface area contributed by atoms with Gasteiger partial charge in [0.2, 0.25) is 0 Å². The predicted octanol–water partition coefficient (Wildman–Crippen LogP) is 2.52. The number of hydrogen-bond acceptors (Lipinski definition) is 1. The summed E-state index contributed by atoms with van der Waals surface area (Å²) < 4.78 is 0. The molecule has 0 bridgehead atoms. The second-order valence-electron chi connectivity index (χ2n) is 3.28. The Balaban J connectivity index is 1.76. The molecule has 0 unspecified atom stereocenters. The third-order valence-electron chi connectivity index (χ3n) is 1.98. The van der Waals surface area contributed by atoms with E-state index in [2.05, 4.69) is 11.9 Å². The van der Waals surface area contributed by atoms with Crippen molar-refractivity contribution in [2.45, 2.75) is 25.7 Å². The minimum absolute atomic E-state index is 0.705. The van der Waals surface area contributed by atoms with Crippen molar-refractivity contribution < 1.29 is 0 Å². The molecule has 2 heteroatoms. The maximum absolute atomic E-state index is 5.57. The van der Waals surface area contributed by atoms with Gasteiger partial charge >= 0.3 is 0 Å². The van der Waals surface area contributed by atoms with Gasteiger partial charge in [-0.3, -0.25) is 0 Å². The number of nitrogens with one attached hydrogen (secondary N) is 1. The summed E-state index contributed by atoms with van der Waals surface area (Å²) in [7, 11) is 0. The lowest BCUT2D eigenvalue weighted by atomic mass is 10.2. The molecule has 0 aromatic rings. The summed E-state index contributed by atoms with van der Waals surface area (Å²) in [5.74, 6) is 1.05. The molecular formula is C9H16ClN. The standard InChI is InChI=1S/C9H16ClN/c1-8(10)7-11-6-2-3-9-4-5-9/h9,11H,1-7H2. The van der Waals surface area contributed by atoms with Gasteiger partial charge in [0.1, 0.15) is 0 Å². The zero-order valence-electron chi connectivity index (χ0n) is 6.91. The summed E-state index contributed by atoms with van der Waals surface area (Å²) in [5, 5.41) is 3.94. The zero-order valence-corrected chi connectivity index (χ0v) is 7.66. The molecule has 1 N–H and O–H groups in total. The lowest BCUT2D eigenvalue weighted by Crippen LogP contribution is -2.16. The molecular weight excluding hydrogens is 158 g/mol. The van der Waals surface area contributed by atoms with Crippen molar-refractivity contribution in [2.75, 3.05) is 13.1 Å². The molecule has 0 amide bonds. The van der Waals surface area contributed by atoms with Gasteiger partial charge in [0.15, 0.2) is 0 Å². The molecule has 0 atom stereocenters. The van der Waals surface area contributed by atoms with Crippen LogP contribution < -0.4 is 5.32 Å². The van der Waals surface area contributed by atoms with E-state index in [-0.39, 0.29) is 0 Å². The Kier molecular flexibility index (Phi) is 3.95. The molecule has 11 heavy (non-hydrogen) atoms. The Morgan fingerprint density at radius 1 is 1.55 bits per heavy atom. The lowest BCUT2D eigenvalue weighted by Gasteiger charge is -2.01. The van der Waals surface area contributed by atoms with Crippen molar-refractivity contribution in [1.29, 1.82) is 0 Å². The van der Waals surface area contributed by atoms with Gasteiger partial charge < -0.3 is 5.32 Å². The van der Waals surface area contributed by atoms with E-state index in [1.165, 1.54) is 25.7 Å². The van der Waals surface area contributed by atoms with Gasteiger partial charge in [-0.2, -0.15) is 0 Å². The van der Waals surface area contributed by atoms with Crippen LogP contribution in [0.2, 0.25) is 0 Å². The summed E-state index contributed by atoms with van der Waals surface area (Å²) in [4.78, 5) is 0. The maximum Gasteiger partial charge on any atom is 0.0307 e. The second-order valence-corrected chi connectivity index (χ2v) is 3.81. The van der Waals surface area contributed by atoms with E-state index in [4.69, 9.17) is 11.6 Å². The number of rotatable bonds is 6. The molecule has 0 saturated heterocycles. The fourth-order valence-electron chi connectivity index (χ4n) is 1.15. The van der Waals surface area contributed by atoms with Crippen molar-refractivity contribution in [3.05, 3.63) is 11.6 Å². The van der Waals surface area contributed by atoms with Crippen LogP contribution >= 0.6 is 11.6 Å². The number of hydrogen-bond donors (Lipinski definition) is 1. The van der Waals surface area contributed by atoms with Gasteiger partial charge in [0, 0.05) is 11.6 Å². The van der Waals surface area contributed by atoms with E-state index < -0.39 is 0 Å². The van der Waals surface area contributed by atoms with Gasteiger partial charge in [0.05, 0.1) is 0 Å². The van der Waals surface area contributed by atoms with Gasteiger partial charge in [-0.05, 0) is 25.3 Å². The Bertz CT molecular complexity index is 130. The Hall–Kier alpha value is -0.0100. The van der Waals surface area contributed by atoms with E-state index in [1.807, 2.05) is 0 Å². The summed E-state index contributed by atoms with van der Waals surface area (Å²) >= 11 is 5.57. The predicted molar refractivity (Wildman–Crippen MR) is 49.8 cm³/mol. The SMILES string of the molecule is C=C(Cl)CNCCCC1CC1. The Morgan fingerprint density at radius 2 is 2.27 bits per heavy atom. The van der Waals surface area contributed by atoms with Crippen LogP contribution in [0.1, 0.15) is 25.7 Å². The highest BCUT2D eigenvalue weighted by molar-refractivity contribution is 6.29. The van der Waals surface area contributed by atoms with Crippen LogP contribution in [0.25, 0.3) is 0 Å². The molecule has 1 nitrogen and oxygen atoms in total. The van der Waals surface area contributed by atoms with E-state index in [1.54, 1.807) is 0 Å². The van der Waals surface area contributed by atoms with Crippen molar-refractivity contribution in [2.24, 2.45) is 5.92 Å². The summed E-state index contributed by atoms with van der Waals surface area (Å²) in [6, 6.07) is 0. The fourth-order valence-corrected chi connectivity index (χ4v) is 1.24. The van der Waals surface area contributed by atoms with Crippen LogP contribution in [0.4, 0.5) is 0 Å². The van der Waals surface area contributed by atoms with Crippen molar-refractivity contribution in [1.82, 2.24) is 5.32 Å². The Morgan fingerprint density at radius 3 is 2.82 bits per heavy atom. The molecule has 1 aliphatic carbocycles. The minimum Gasteiger partial charge on any atom is -0.312 e. The molecule has 0 radical (unpaired) electrons. The fraction of sp³-hybridized carbons (Fsp3) is 0.778. The first-order valence-corrected chi connectivity index (χ1v) is 4.71. The van der Waals surface area contributed by atoms with E-state index >= 15 is 0 Å². The smallest absolute Gasteiger partial charge is 0.0307 e. The number of halogens is 1. The van der Waals surface area contributed by atoms with Crippen molar-refractivity contribution in [3.63, 3.8) is 0 Å². The van der Waals surface area contributed by atoms with Gasteiger partial charge in [-0.15, -0.1) is 0 Å². The molecule has 0 aliphatic heterocycles. The quantitative estimate of drug-likeness (QED) is 0.609. The minimum atomic E-state index is 0.705. The first-order chi connectivity index (χ1) is 5.29. The second kappa shape index (κ2) is 4.78. The largest absolute Gasteiger partial charge is 0.312 e. The van der Waals surface area contributed by atoms with E-state index in [9.17, 15) is 0 Å². The van der Waals surface area contributed by atoms with Crippen LogP contribution in [0, 0.1) is 5.92 Å². The van der Waals surface area contributed by atoms with E-state index in [0.29, 0.717) is 5.03 Å². The Labute approximate surface area is 73.8 Å². The van der Waals surface area contributed by atoms with Crippen LogP contribution in [0.3, 0.4) is 0 Å². The summed E-state index contributed by atoms with van der Waals surface area (Å²) in [5.41, 5.74) is 0. The average molecular weight is 174 g/mol. The monoisotopic (exact) mass is 173 g/mol. The highest BCUT2D eigenvalue weighted by Crippen LogP contribution is 2.33. The highest BCUT2D eigenvalue weighted by atomic mass is 35.5. The first-order valence-electron chi connectivity index (χ1n) is 4.33. The molecule has 1 saturated carbocycles. The van der Waals surface area contributed by atoms with Gasteiger partial charge in [0.25, 0.3) is 0 Å². The molecule has 0 aromatic heterocycles. The summed E-state index contributed by atoms with van der Waals surface area (Å²) in [6.45, 7) is 5.44. The van der Waals surface area contributed by atoms with Crippen LogP contribution in [0.15, 0.2) is 11.6 Å². The normalized spacial score (nSPS) is 16.8. The third-order valence-corrected chi connectivity index (χ3v) is 2.11. The molecule has 0 spiro atoms. The average Bonchev–Trinajstić information content (AvgIpc) is 2.70. The molecule has 1 rings (SSSR count). The highest BCUT2D eigenvalue weighted by Gasteiger charge is 2.19. The first kappa shape index (κ1) is 9.08. The molecule has 0 heterocycles. The lowest BCUT2D eigenvalue weighted by molar-refractivity contribution is 0.615. The summed E-state index contributed by atoms with van der Waals surface area (Å²) in [6.07, 6.45) is 5.60. The molecule has 1 aliphatic rings. The molecule has 0 aromatic carbocycles. The van der Waals surface area contributed by atoms with Gasteiger partial charge in [-0.1, -0.05) is 31.0 Å². The van der Waals surface area contributed by atoms with Crippen molar-refractivity contribution >= 4 is 11.6 Å².